The Kier molecular flexibility index (Phi) is 2.65. The third-order valence-corrected chi connectivity index (χ3v) is 4.49. The summed E-state index contributed by atoms with van der Waals surface area (Å²) in [6.45, 7) is 4.22. The first-order chi connectivity index (χ1) is 8.56. The average molecular weight is 248 g/mol. The van der Waals surface area contributed by atoms with E-state index in [9.17, 15) is 0 Å². The molecule has 0 aromatic heterocycles. The van der Waals surface area contributed by atoms with E-state index in [2.05, 4.69) is 26.0 Å². The first kappa shape index (κ1) is 12.0. The van der Waals surface area contributed by atoms with Crippen molar-refractivity contribution < 1.29 is 14.5 Å². The van der Waals surface area contributed by atoms with E-state index in [0.29, 0.717) is 5.92 Å². The second-order valence-electron chi connectivity index (χ2n) is 5.93. The molecule has 1 aromatic carbocycles. The van der Waals surface area contributed by atoms with Crippen LogP contribution >= 0.6 is 0 Å². The smallest absolute Gasteiger partial charge is 0.129 e. The van der Waals surface area contributed by atoms with E-state index in [0.717, 1.165) is 18.6 Å². The molecule has 3 heteroatoms. The summed E-state index contributed by atoms with van der Waals surface area (Å²) in [6, 6.07) is 8.15. The molecule has 2 fully saturated rings. The van der Waals surface area contributed by atoms with Gasteiger partial charge in [0, 0.05) is 0 Å². The zero-order valence-corrected chi connectivity index (χ0v) is 11.2. The fourth-order valence-corrected chi connectivity index (χ4v) is 3.14. The van der Waals surface area contributed by atoms with Crippen LogP contribution in [0.5, 0.6) is 5.75 Å². The fraction of sp³-hybridized carbons (Fsp3) is 0.600. The number of benzene rings is 1. The molecule has 2 unspecified atom stereocenters. The maximum atomic E-state index is 5.79. The minimum atomic E-state index is -0.244. The molecule has 1 aromatic rings. The Morgan fingerprint density at radius 3 is 2.56 bits per heavy atom. The summed E-state index contributed by atoms with van der Waals surface area (Å²) in [6.07, 6.45) is 3.25. The minimum absolute atomic E-state index is 0.160. The number of ether oxygens (including phenoxy) is 1. The number of rotatable bonds is 2. The average Bonchev–Trinajstić information content (AvgIpc) is 2.78. The Bertz CT molecular complexity index is 438. The summed E-state index contributed by atoms with van der Waals surface area (Å²) in [5.74, 6) is 1.45. The highest BCUT2D eigenvalue weighted by molar-refractivity contribution is 5.32. The number of hydrogen-bond acceptors (Lipinski definition) is 3. The van der Waals surface area contributed by atoms with Gasteiger partial charge in [0.2, 0.25) is 0 Å². The van der Waals surface area contributed by atoms with Crippen molar-refractivity contribution in [3.63, 3.8) is 0 Å². The third-order valence-electron chi connectivity index (χ3n) is 4.49. The van der Waals surface area contributed by atoms with Crippen molar-refractivity contribution in [2.24, 2.45) is 5.92 Å². The number of hydrogen-bond donors (Lipinski definition) is 0. The lowest BCUT2D eigenvalue weighted by Gasteiger charge is -2.40. The van der Waals surface area contributed by atoms with Crippen molar-refractivity contribution in [3.05, 3.63) is 29.8 Å². The molecule has 0 N–H and O–H groups in total. The van der Waals surface area contributed by atoms with Crippen molar-refractivity contribution in [1.82, 2.24) is 0 Å². The van der Waals surface area contributed by atoms with Gasteiger partial charge in [0.05, 0.1) is 7.11 Å². The molecule has 2 bridgehead atoms. The molecule has 0 amide bonds. The first-order valence-electron chi connectivity index (χ1n) is 6.57. The molecule has 1 aliphatic heterocycles. The van der Waals surface area contributed by atoms with Gasteiger partial charge in [0.25, 0.3) is 0 Å². The van der Waals surface area contributed by atoms with Gasteiger partial charge < -0.3 is 4.74 Å². The van der Waals surface area contributed by atoms with Gasteiger partial charge >= 0.3 is 0 Å². The number of fused-ring (bicyclic) bond motifs is 2. The Balaban J connectivity index is 1.88. The molecule has 1 saturated heterocycles. The molecule has 3 rings (SSSR count). The van der Waals surface area contributed by atoms with Crippen molar-refractivity contribution in [1.29, 1.82) is 0 Å². The van der Waals surface area contributed by atoms with Crippen molar-refractivity contribution in [2.45, 2.75) is 44.3 Å². The maximum Gasteiger partial charge on any atom is 0.129 e. The second kappa shape index (κ2) is 3.97. The Morgan fingerprint density at radius 1 is 1.17 bits per heavy atom. The van der Waals surface area contributed by atoms with Crippen LogP contribution < -0.4 is 4.74 Å². The van der Waals surface area contributed by atoms with Crippen LogP contribution in [0.2, 0.25) is 0 Å². The summed E-state index contributed by atoms with van der Waals surface area (Å²) in [5.41, 5.74) is 0.792. The van der Waals surface area contributed by atoms with Crippen LogP contribution in [0.1, 0.15) is 38.7 Å². The van der Waals surface area contributed by atoms with Crippen LogP contribution in [0.4, 0.5) is 0 Å². The molecule has 18 heavy (non-hydrogen) atoms. The SMILES string of the molecule is COc1ccc(C23CCC(C2)C(C)(C)OO3)cc1. The number of methoxy groups -OCH3 is 1. The maximum absolute atomic E-state index is 5.79. The van der Waals surface area contributed by atoms with Crippen LogP contribution in [-0.2, 0) is 15.4 Å². The molecule has 0 spiro atoms. The van der Waals surface area contributed by atoms with Crippen molar-refractivity contribution in [2.75, 3.05) is 7.11 Å². The Morgan fingerprint density at radius 2 is 1.89 bits per heavy atom. The monoisotopic (exact) mass is 248 g/mol. The molecule has 2 atom stereocenters. The highest BCUT2D eigenvalue weighted by Gasteiger charge is 2.53. The van der Waals surface area contributed by atoms with Crippen molar-refractivity contribution >= 4 is 0 Å². The van der Waals surface area contributed by atoms with E-state index >= 15 is 0 Å². The largest absolute Gasteiger partial charge is 0.497 e. The molecule has 2 aliphatic rings. The summed E-state index contributed by atoms with van der Waals surface area (Å²) < 4.78 is 5.19. The van der Waals surface area contributed by atoms with Crippen LogP contribution in [0.15, 0.2) is 24.3 Å². The highest BCUT2D eigenvalue weighted by Crippen LogP contribution is 2.54. The molecule has 1 heterocycles. The molecule has 3 nitrogen and oxygen atoms in total. The van der Waals surface area contributed by atoms with Crippen molar-refractivity contribution in [3.8, 4) is 5.75 Å². The van der Waals surface area contributed by atoms with Gasteiger partial charge in [-0.05, 0) is 56.7 Å². The molecular formula is C15H20O3. The van der Waals surface area contributed by atoms with Gasteiger partial charge in [-0.3, -0.25) is 0 Å². The zero-order chi connectivity index (χ0) is 12.8. The molecule has 98 valence electrons. The highest BCUT2D eigenvalue weighted by atomic mass is 17.2. The zero-order valence-electron chi connectivity index (χ0n) is 11.2. The van der Waals surface area contributed by atoms with E-state index in [1.54, 1.807) is 7.11 Å². The predicted molar refractivity (Wildman–Crippen MR) is 68.3 cm³/mol. The quantitative estimate of drug-likeness (QED) is 0.750. The van der Waals surface area contributed by atoms with Gasteiger partial charge in [0.1, 0.15) is 17.0 Å². The summed E-state index contributed by atoms with van der Waals surface area (Å²) in [7, 11) is 1.68. The van der Waals surface area contributed by atoms with Gasteiger partial charge in [-0.25, -0.2) is 9.78 Å². The van der Waals surface area contributed by atoms with E-state index in [1.165, 1.54) is 12.0 Å². The van der Waals surface area contributed by atoms with E-state index in [4.69, 9.17) is 14.5 Å². The van der Waals surface area contributed by atoms with Gasteiger partial charge in [0.15, 0.2) is 0 Å². The van der Waals surface area contributed by atoms with E-state index in [1.807, 2.05) is 12.1 Å². The molecule has 1 saturated carbocycles. The molecule has 0 radical (unpaired) electrons. The van der Waals surface area contributed by atoms with Crippen LogP contribution in [0.25, 0.3) is 0 Å². The van der Waals surface area contributed by atoms with Gasteiger partial charge in [-0.15, -0.1) is 0 Å². The molecule has 1 aliphatic carbocycles. The standard InChI is InChI=1S/C15H20O3/c1-14(2)12-8-9-15(10-12,18-17-14)11-4-6-13(16-3)7-5-11/h4-7,12H,8-10H2,1-3H3. The van der Waals surface area contributed by atoms with Crippen LogP contribution in [-0.4, -0.2) is 12.7 Å². The van der Waals surface area contributed by atoms with Crippen LogP contribution in [0.3, 0.4) is 0 Å². The van der Waals surface area contributed by atoms with E-state index < -0.39 is 0 Å². The summed E-state index contributed by atoms with van der Waals surface area (Å²) in [4.78, 5) is 11.4. The third kappa shape index (κ3) is 1.73. The summed E-state index contributed by atoms with van der Waals surface area (Å²) >= 11 is 0. The van der Waals surface area contributed by atoms with Crippen LogP contribution in [0, 0.1) is 5.92 Å². The minimum Gasteiger partial charge on any atom is -0.497 e. The first-order valence-corrected chi connectivity index (χ1v) is 6.57. The second-order valence-corrected chi connectivity index (χ2v) is 5.93. The Hall–Kier alpha value is -1.06. The lowest BCUT2D eigenvalue weighted by Crippen LogP contribution is -2.42. The normalized spacial score (nSPS) is 33.4. The lowest BCUT2D eigenvalue weighted by atomic mass is 9.84. The Labute approximate surface area is 108 Å². The topological polar surface area (TPSA) is 27.7 Å². The lowest BCUT2D eigenvalue weighted by molar-refractivity contribution is -0.438. The van der Waals surface area contributed by atoms with Gasteiger partial charge in [-0.2, -0.15) is 0 Å². The molecular weight excluding hydrogens is 228 g/mol. The van der Waals surface area contributed by atoms with E-state index in [-0.39, 0.29) is 11.2 Å². The predicted octanol–water partition coefficient (Wildman–Crippen LogP) is 3.43. The fourth-order valence-electron chi connectivity index (χ4n) is 3.14. The van der Waals surface area contributed by atoms with Gasteiger partial charge in [-0.1, -0.05) is 12.1 Å². The summed E-state index contributed by atoms with van der Waals surface area (Å²) in [5, 5.41) is 0.